The summed E-state index contributed by atoms with van der Waals surface area (Å²) in [6.07, 6.45) is 2.44. The summed E-state index contributed by atoms with van der Waals surface area (Å²) in [6.45, 7) is 5.19. The second kappa shape index (κ2) is 5.45. The van der Waals surface area contributed by atoms with E-state index in [1.165, 1.54) is 0 Å². The molecule has 19 heavy (non-hydrogen) atoms. The Morgan fingerprint density at radius 1 is 1.32 bits per heavy atom. The van der Waals surface area contributed by atoms with Crippen LogP contribution in [0.1, 0.15) is 20.3 Å². The van der Waals surface area contributed by atoms with Crippen molar-refractivity contribution in [1.82, 2.24) is 4.98 Å². The quantitative estimate of drug-likeness (QED) is 0.772. The van der Waals surface area contributed by atoms with Crippen molar-refractivity contribution in [1.29, 1.82) is 0 Å². The maximum atomic E-state index is 9.06. The fraction of sp³-hybridized carbons (Fsp3) is 0.400. The molecule has 2 rings (SSSR count). The summed E-state index contributed by atoms with van der Waals surface area (Å²) in [7, 11) is 0. The first-order valence-electron chi connectivity index (χ1n) is 6.51. The molecule has 0 radical (unpaired) electrons. The standard InChI is InChI=1S/C15H21N3O/c1-15(2,7-8-19)10-18-14-11-5-3-4-6-13(11)17-9-12(14)16/h3-6,9,19H,7-8,10,16H2,1-2H3,(H,17,18). The van der Waals surface area contributed by atoms with E-state index >= 15 is 0 Å². The van der Waals surface area contributed by atoms with Crippen LogP contribution in [0.15, 0.2) is 30.5 Å². The van der Waals surface area contributed by atoms with E-state index in [4.69, 9.17) is 10.8 Å². The third-order valence-corrected chi connectivity index (χ3v) is 3.34. The van der Waals surface area contributed by atoms with Crippen LogP contribution in [0.2, 0.25) is 0 Å². The Bertz CT molecular complexity index is 566. The van der Waals surface area contributed by atoms with E-state index in [0.717, 1.165) is 29.6 Å². The summed E-state index contributed by atoms with van der Waals surface area (Å²) in [5, 5.41) is 13.5. The van der Waals surface area contributed by atoms with Crippen molar-refractivity contribution in [2.75, 3.05) is 24.2 Å². The number of aliphatic hydroxyl groups is 1. The Morgan fingerprint density at radius 2 is 2.05 bits per heavy atom. The molecule has 1 aromatic carbocycles. The molecule has 4 nitrogen and oxygen atoms in total. The zero-order chi connectivity index (χ0) is 13.9. The molecule has 0 unspecified atom stereocenters. The Kier molecular flexibility index (Phi) is 3.90. The van der Waals surface area contributed by atoms with E-state index in [-0.39, 0.29) is 12.0 Å². The van der Waals surface area contributed by atoms with Gasteiger partial charge in [0.1, 0.15) is 0 Å². The minimum atomic E-state index is 0.0194. The first kappa shape index (κ1) is 13.6. The first-order chi connectivity index (χ1) is 9.03. The fourth-order valence-corrected chi connectivity index (χ4v) is 2.07. The van der Waals surface area contributed by atoms with Gasteiger partial charge in [-0.2, -0.15) is 0 Å². The number of nitrogens with zero attached hydrogens (tertiary/aromatic N) is 1. The van der Waals surface area contributed by atoms with Crippen molar-refractivity contribution >= 4 is 22.3 Å². The summed E-state index contributed by atoms with van der Waals surface area (Å²) in [5.41, 5.74) is 8.54. The zero-order valence-corrected chi connectivity index (χ0v) is 11.5. The molecule has 0 bridgehead atoms. The predicted molar refractivity (Wildman–Crippen MR) is 80.1 cm³/mol. The summed E-state index contributed by atoms with van der Waals surface area (Å²) < 4.78 is 0. The summed E-state index contributed by atoms with van der Waals surface area (Å²) in [4.78, 5) is 4.32. The van der Waals surface area contributed by atoms with Crippen LogP contribution in [0.3, 0.4) is 0 Å². The molecule has 0 fully saturated rings. The van der Waals surface area contributed by atoms with Gasteiger partial charge in [-0.15, -0.1) is 0 Å². The van der Waals surface area contributed by atoms with Crippen molar-refractivity contribution < 1.29 is 5.11 Å². The van der Waals surface area contributed by atoms with E-state index in [0.29, 0.717) is 5.69 Å². The highest BCUT2D eigenvalue weighted by atomic mass is 16.3. The topological polar surface area (TPSA) is 71.2 Å². The number of pyridine rings is 1. The average Bonchev–Trinajstić information content (AvgIpc) is 2.37. The van der Waals surface area contributed by atoms with E-state index in [2.05, 4.69) is 24.1 Å². The number of hydrogen-bond acceptors (Lipinski definition) is 4. The van der Waals surface area contributed by atoms with E-state index in [1.807, 2.05) is 24.3 Å². The number of aromatic nitrogens is 1. The van der Waals surface area contributed by atoms with Crippen LogP contribution in [-0.2, 0) is 0 Å². The molecule has 0 aliphatic rings. The zero-order valence-electron chi connectivity index (χ0n) is 11.5. The molecule has 2 aromatic rings. The lowest BCUT2D eigenvalue weighted by Gasteiger charge is -2.25. The van der Waals surface area contributed by atoms with Crippen molar-refractivity contribution in [3.8, 4) is 0 Å². The Hall–Kier alpha value is -1.81. The lowest BCUT2D eigenvalue weighted by Crippen LogP contribution is -2.24. The van der Waals surface area contributed by atoms with Gasteiger partial charge < -0.3 is 16.2 Å². The molecular formula is C15H21N3O. The van der Waals surface area contributed by atoms with Gasteiger partial charge in [0.05, 0.1) is 23.1 Å². The molecule has 0 saturated heterocycles. The predicted octanol–water partition coefficient (Wildman–Crippen LogP) is 2.64. The lowest BCUT2D eigenvalue weighted by atomic mass is 9.89. The summed E-state index contributed by atoms with van der Waals surface area (Å²) in [6, 6.07) is 7.93. The van der Waals surface area contributed by atoms with Crippen LogP contribution in [-0.4, -0.2) is 23.2 Å². The lowest BCUT2D eigenvalue weighted by molar-refractivity contribution is 0.220. The molecule has 0 aliphatic heterocycles. The first-order valence-corrected chi connectivity index (χ1v) is 6.51. The molecular weight excluding hydrogens is 238 g/mol. The van der Waals surface area contributed by atoms with Gasteiger partial charge in [0.25, 0.3) is 0 Å². The van der Waals surface area contributed by atoms with Gasteiger partial charge in [0.15, 0.2) is 0 Å². The van der Waals surface area contributed by atoms with Crippen LogP contribution < -0.4 is 11.1 Å². The number of aliphatic hydroxyl groups excluding tert-OH is 1. The minimum absolute atomic E-state index is 0.0194. The number of anilines is 2. The molecule has 0 amide bonds. The minimum Gasteiger partial charge on any atom is -0.396 e. The van der Waals surface area contributed by atoms with Crippen LogP contribution in [0, 0.1) is 5.41 Å². The van der Waals surface area contributed by atoms with Gasteiger partial charge in [0.2, 0.25) is 0 Å². The molecule has 102 valence electrons. The number of fused-ring (bicyclic) bond motifs is 1. The highest BCUT2D eigenvalue weighted by Crippen LogP contribution is 2.29. The smallest absolute Gasteiger partial charge is 0.0743 e. The van der Waals surface area contributed by atoms with Gasteiger partial charge in [0, 0.05) is 18.5 Å². The largest absolute Gasteiger partial charge is 0.396 e. The van der Waals surface area contributed by atoms with E-state index < -0.39 is 0 Å². The van der Waals surface area contributed by atoms with E-state index in [9.17, 15) is 0 Å². The molecule has 4 heteroatoms. The van der Waals surface area contributed by atoms with Gasteiger partial charge in [-0.1, -0.05) is 32.0 Å². The highest BCUT2D eigenvalue weighted by Gasteiger charge is 2.18. The van der Waals surface area contributed by atoms with Crippen molar-refractivity contribution in [3.05, 3.63) is 30.5 Å². The number of benzene rings is 1. The van der Waals surface area contributed by atoms with Crippen LogP contribution in [0.4, 0.5) is 11.4 Å². The maximum Gasteiger partial charge on any atom is 0.0743 e. The van der Waals surface area contributed by atoms with Crippen molar-refractivity contribution in [2.24, 2.45) is 5.41 Å². The highest BCUT2D eigenvalue weighted by molar-refractivity contribution is 5.96. The van der Waals surface area contributed by atoms with E-state index in [1.54, 1.807) is 6.20 Å². The number of nitrogens with two attached hydrogens (primary N) is 1. The molecule has 0 aliphatic carbocycles. The third-order valence-electron chi connectivity index (χ3n) is 3.34. The van der Waals surface area contributed by atoms with Crippen molar-refractivity contribution in [2.45, 2.75) is 20.3 Å². The van der Waals surface area contributed by atoms with Gasteiger partial charge in [-0.05, 0) is 17.9 Å². The second-order valence-electron chi connectivity index (χ2n) is 5.60. The normalized spacial score (nSPS) is 11.7. The van der Waals surface area contributed by atoms with Crippen LogP contribution in [0.25, 0.3) is 10.9 Å². The number of hydrogen-bond donors (Lipinski definition) is 3. The average molecular weight is 259 g/mol. The SMILES string of the molecule is CC(C)(CCO)CNc1c(N)cnc2ccccc12. The fourth-order valence-electron chi connectivity index (χ4n) is 2.07. The molecule has 0 atom stereocenters. The third kappa shape index (κ3) is 3.15. The Balaban J connectivity index is 2.27. The van der Waals surface area contributed by atoms with Gasteiger partial charge >= 0.3 is 0 Å². The molecule has 0 spiro atoms. The summed E-state index contributed by atoms with van der Waals surface area (Å²) in [5.74, 6) is 0. The molecule has 0 saturated carbocycles. The number of rotatable bonds is 5. The summed E-state index contributed by atoms with van der Waals surface area (Å²) >= 11 is 0. The van der Waals surface area contributed by atoms with Gasteiger partial charge in [-0.25, -0.2) is 0 Å². The number of nitrogens with one attached hydrogen (secondary N) is 1. The molecule has 1 heterocycles. The Labute approximate surface area is 113 Å². The second-order valence-corrected chi connectivity index (χ2v) is 5.60. The molecule has 1 aromatic heterocycles. The van der Waals surface area contributed by atoms with Gasteiger partial charge in [-0.3, -0.25) is 4.98 Å². The van der Waals surface area contributed by atoms with Crippen molar-refractivity contribution in [3.63, 3.8) is 0 Å². The number of nitrogen functional groups attached to an aromatic ring is 1. The molecule has 4 N–H and O–H groups in total. The van der Waals surface area contributed by atoms with Crippen LogP contribution >= 0.6 is 0 Å². The monoisotopic (exact) mass is 259 g/mol. The van der Waals surface area contributed by atoms with Crippen LogP contribution in [0.5, 0.6) is 0 Å². The maximum absolute atomic E-state index is 9.06. The number of para-hydroxylation sites is 1. The Morgan fingerprint density at radius 3 is 2.79 bits per heavy atom.